The van der Waals surface area contributed by atoms with Gasteiger partial charge in [-0.3, -0.25) is 4.79 Å². The van der Waals surface area contributed by atoms with Crippen molar-refractivity contribution in [2.75, 3.05) is 5.32 Å². The van der Waals surface area contributed by atoms with Crippen LogP contribution in [0.2, 0.25) is 5.02 Å². The van der Waals surface area contributed by atoms with Gasteiger partial charge in [0.2, 0.25) is 0 Å². The van der Waals surface area contributed by atoms with Crippen molar-refractivity contribution in [3.8, 4) is 0 Å². The Morgan fingerprint density at radius 2 is 1.84 bits per heavy atom. The van der Waals surface area contributed by atoms with Gasteiger partial charge in [0.25, 0.3) is 5.91 Å². The SMILES string of the molecule is CC1(O)C2CCC1CC(S(=O)(=O)c1cc(C(=O)Nc3ccc(F)c(Br)c3)ccc1Cl)C2. The number of halogens is 3. The fourth-order valence-corrected chi connectivity index (χ4v) is 7.62. The highest BCUT2D eigenvalue weighted by molar-refractivity contribution is 9.10. The normalized spacial score (nSPS) is 27.8. The van der Waals surface area contributed by atoms with Crippen LogP contribution in [0.5, 0.6) is 0 Å². The molecule has 2 aromatic rings. The minimum absolute atomic E-state index is 0.0609. The summed E-state index contributed by atoms with van der Waals surface area (Å²) in [6.07, 6.45) is 2.38. The van der Waals surface area contributed by atoms with E-state index in [9.17, 15) is 22.7 Å². The highest BCUT2D eigenvalue weighted by Crippen LogP contribution is 2.51. The molecule has 9 heteroatoms. The van der Waals surface area contributed by atoms with E-state index in [-0.39, 0.29) is 31.8 Å². The summed E-state index contributed by atoms with van der Waals surface area (Å²) in [4.78, 5) is 12.6. The molecule has 166 valence electrons. The van der Waals surface area contributed by atoms with E-state index in [1.807, 2.05) is 0 Å². The van der Waals surface area contributed by atoms with Gasteiger partial charge in [0.15, 0.2) is 9.84 Å². The first-order chi connectivity index (χ1) is 14.5. The number of carbonyl (C=O) groups is 1. The average molecular weight is 531 g/mol. The van der Waals surface area contributed by atoms with E-state index in [4.69, 9.17) is 11.6 Å². The number of benzene rings is 2. The Balaban J connectivity index is 1.60. The predicted octanol–water partition coefficient (Wildman–Crippen LogP) is 5.21. The highest BCUT2D eigenvalue weighted by atomic mass is 79.9. The Bertz CT molecular complexity index is 1140. The Kier molecular flexibility index (Phi) is 5.96. The molecule has 0 radical (unpaired) electrons. The van der Waals surface area contributed by atoms with Gasteiger partial charge < -0.3 is 10.4 Å². The van der Waals surface area contributed by atoms with Crippen LogP contribution in [0.3, 0.4) is 0 Å². The maximum Gasteiger partial charge on any atom is 0.255 e. The summed E-state index contributed by atoms with van der Waals surface area (Å²) in [6.45, 7) is 1.80. The molecule has 5 nitrogen and oxygen atoms in total. The summed E-state index contributed by atoms with van der Waals surface area (Å²) in [6, 6.07) is 8.19. The zero-order chi connectivity index (χ0) is 22.6. The van der Waals surface area contributed by atoms with Crippen molar-refractivity contribution in [2.24, 2.45) is 11.8 Å². The first-order valence-electron chi connectivity index (χ1n) is 10.0. The molecule has 2 aliphatic rings. The first kappa shape index (κ1) is 22.7. The molecule has 1 amide bonds. The van der Waals surface area contributed by atoms with Crippen molar-refractivity contribution in [3.05, 3.63) is 57.3 Å². The molecule has 0 aliphatic heterocycles. The number of amides is 1. The summed E-state index contributed by atoms with van der Waals surface area (Å²) >= 11 is 9.30. The van der Waals surface area contributed by atoms with Crippen LogP contribution in [0.25, 0.3) is 0 Å². The molecule has 0 spiro atoms. The molecule has 2 aromatic carbocycles. The number of aliphatic hydroxyl groups is 1. The number of fused-ring (bicyclic) bond motifs is 2. The average Bonchev–Trinajstić information content (AvgIpc) is 2.87. The molecule has 2 saturated carbocycles. The maximum atomic E-state index is 13.4. The van der Waals surface area contributed by atoms with Crippen LogP contribution in [0, 0.1) is 17.7 Å². The lowest BCUT2D eigenvalue weighted by molar-refractivity contribution is -0.0413. The Morgan fingerprint density at radius 1 is 1.19 bits per heavy atom. The van der Waals surface area contributed by atoms with Crippen molar-refractivity contribution < 1.29 is 22.7 Å². The molecular weight excluding hydrogens is 509 g/mol. The zero-order valence-electron chi connectivity index (χ0n) is 16.7. The summed E-state index contributed by atoms with van der Waals surface area (Å²) in [5.74, 6) is -1.11. The van der Waals surface area contributed by atoms with Gasteiger partial charge in [0, 0.05) is 11.3 Å². The zero-order valence-corrected chi connectivity index (χ0v) is 19.9. The van der Waals surface area contributed by atoms with Crippen LogP contribution in [0.15, 0.2) is 45.8 Å². The second-order valence-electron chi connectivity index (χ2n) is 8.56. The largest absolute Gasteiger partial charge is 0.390 e. The summed E-state index contributed by atoms with van der Waals surface area (Å²) in [5.41, 5.74) is -0.334. The number of anilines is 1. The topological polar surface area (TPSA) is 83.5 Å². The molecule has 2 atom stereocenters. The van der Waals surface area contributed by atoms with Gasteiger partial charge in [-0.1, -0.05) is 11.6 Å². The van der Waals surface area contributed by atoms with E-state index in [0.717, 1.165) is 12.8 Å². The lowest BCUT2D eigenvalue weighted by Crippen LogP contribution is -2.45. The van der Waals surface area contributed by atoms with Crippen LogP contribution in [-0.2, 0) is 9.84 Å². The highest BCUT2D eigenvalue weighted by Gasteiger charge is 2.53. The van der Waals surface area contributed by atoms with E-state index < -0.39 is 32.4 Å². The minimum Gasteiger partial charge on any atom is -0.390 e. The summed E-state index contributed by atoms with van der Waals surface area (Å²) < 4.78 is 40.4. The van der Waals surface area contributed by atoms with Crippen molar-refractivity contribution in [2.45, 2.75) is 48.4 Å². The minimum atomic E-state index is -3.79. The van der Waals surface area contributed by atoms with Gasteiger partial charge >= 0.3 is 0 Å². The second-order valence-corrected chi connectivity index (χ2v) is 12.0. The van der Waals surface area contributed by atoms with Crippen molar-refractivity contribution in [1.82, 2.24) is 0 Å². The summed E-state index contributed by atoms with van der Waals surface area (Å²) in [5, 5.41) is 12.7. The van der Waals surface area contributed by atoms with Gasteiger partial charge in [0.05, 0.1) is 25.2 Å². The lowest BCUT2D eigenvalue weighted by atomic mass is 9.76. The van der Waals surface area contributed by atoms with Gasteiger partial charge in [-0.25, -0.2) is 12.8 Å². The van der Waals surface area contributed by atoms with Crippen molar-refractivity contribution in [3.63, 3.8) is 0 Å². The van der Waals surface area contributed by atoms with E-state index in [1.165, 1.54) is 36.4 Å². The Morgan fingerprint density at radius 3 is 2.45 bits per heavy atom. The molecule has 2 aliphatic carbocycles. The molecule has 2 N–H and O–H groups in total. The van der Waals surface area contributed by atoms with Gasteiger partial charge in [-0.15, -0.1) is 0 Å². The van der Waals surface area contributed by atoms with Crippen LogP contribution in [0.1, 0.15) is 43.0 Å². The van der Waals surface area contributed by atoms with Gasteiger partial charge in [-0.2, -0.15) is 0 Å². The third-order valence-electron chi connectivity index (χ3n) is 6.73. The number of rotatable bonds is 4. The van der Waals surface area contributed by atoms with Gasteiger partial charge in [0.1, 0.15) is 5.82 Å². The Labute approximate surface area is 194 Å². The Hall–Kier alpha value is -1.48. The smallest absolute Gasteiger partial charge is 0.255 e. The molecule has 2 fully saturated rings. The first-order valence-corrected chi connectivity index (χ1v) is 12.7. The number of hydrogen-bond acceptors (Lipinski definition) is 4. The van der Waals surface area contributed by atoms with Crippen molar-refractivity contribution >= 4 is 49.0 Å². The molecular formula is C22H22BrClFNO4S. The number of nitrogens with one attached hydrogen (secondary N) is 1. The lowest BCUT2D eigenvalue weighted by Gasteiger charge is -2.40. The van der Waals surface area contributed by atoms with Crippen LogP contribution >= 0.6 is 27.5 Å². The number of carbonyl (C=O) groups excluding carboxylic acids is 1. The van der Waals surface area contributed by atoms with E-state index >= 15 is 0 Å². The van der Waals surface area contributed by atoms with Crippen LogP contribution < -0.4 is 5.32 Å². The number of hydrogen-bond donors (Lipinski definition) is 2. The fraction of sp³-hybridized carbons (Fsp3) is 0.409. The molecule has 2 unspecified atom stereocenters. The quantitative estimate of drug-likeness (QED) is 0.569. The van der Waals surface area contributed by atoms with E-state index in [0.29, 0.717) is 18.5 Å². The summed E-state index contributed by atoms with van der Waals surface area (Å²) in [7, 11) is -3.79. The van der Waals surface area contributed by atoms with Gasteiger partial charge in [-0.05, 0) is 96.8 Å². The molecule has 0 saturated heterocycles. The molecule has 0 aromatic heterocycles. The monoisotopic (exact) mass is 529 g/mol. The van der Waals surface area contributed by atoms with Crippen molar-refractivity contribution in [1.29, 1.82) is 0 Å². The van der Waals surface area contributed by atoms with E-state index in [2.05, 4.69) is 21.2 Å². The molecule has 4 rings (SSSR count). The van der Waals surface area contributed by atoms with Crippen LogP contribution in [-0.4, -0.2) is 30.3 Å². The predicted molar refractivity (Wildman–Crippen MR) is 121 cm³/mol. The molecule has 0 heterocycles. The molecule has 31 heavy (non-hydrogen) atoms. The second kappa shape index (κ2) is 8.14. The maximum absolute atomic E-state index is 13.4. The third-order valence-corrected chi connectivity index (χ3v) is 9.99. The van der Waals surface area contributed by atoms with Crippen LogP contribution in [0.4, 0.5) is 10.1 Å². The third kappa shape index (κ3) is 4.15. The number of sulfone groups is 1. The molecule has 2 bridgehead atoms. The fourth-order valence-electron chi connectivity index (χ4n) is 4.84. The van der Waals surface area contributed by atoms with E-state index in [1.54, 1.807) is 6.92 Å². The standard InChI is InChI=1S/C22H22BrClFNO4S/c1-22(28)13-3-4-14(22)10-16(9-13)31(29,30)20-8-12(2-6-18(20)24)21(27)26-15-5-7-19(25)17(23)11-15/h2,5-8,11,13-14,16,28H,3-4,9-10H2,1H3,(H,26,27).